The van der Waals surface area contributed by atoms with E-state index in [1.54, 1.807) is 14.1 Å². The van der Waals surface area contributed by atoms with Crippen molar-refractivity contribution in [3.8, 4) is 0 Å². The zero-order valence-electron chi connectivity index (χ0n) is 9.51. The van der Waals surface area contributed by atoms with Crippen LogP contribution in [0.1, 0.15) is 0 Å². The van der Waals surface area contributed by atoms with E-state index in [1.807, 2.05) is 0 Å². The third-order valence-electron chi connectivity index (χ3n) is 2.02. The van der Waals surface area contributed by atoms with Gasteiger partial charge in [0.2, 0.25) is 11.7 Å². The quantitative estimate of drug-likeness (QED) is 0.567. The Balaban J connectivity index is 2.71. The van der Waals surface area contributed by atoms with Crippen LogP contribution in [0.15, 0.2) is 12.1 Å². The fourth-order valence-corrected chi connectivity index (χ4v) is 1.04. The Kier molecular flexibility index (Phi) is 3.81. The molecule has 1 aromatic rings. The van der Waals surface area contributed by atoms with Gasteiger partial charge in [-0.3, -0.25) is 14.9 Å². The van der Waals surface area contributed by atoms with Crippen LogP contribution in [-0.2, 0) is 4.79 Å². The molecule has 0 aliphatic carbocycles. The maximum atomic E-state index is 11.3. The summed E-state index contributed by atoms with van der Waals surface area (Å²) in [6.45, 7) is 0.0528. The molecule has 0 aromatic carbocycles. The van der Waals surface area contributed by atoms with Gasteiger partial charge in [0, 0.05) is 20.2 Å². The molecule has 0 fully saturated rings. The SMILES string of the molecule is CN(C)C(=O)CNc1ccc([N+](=O)[O-])c(N)n1. The molecule has 3 N–H and O–H groups in total. The fourth-order valence-electron chi connectivity index (χ4n) is 1.04. The summed E-state index contributed by atoms with van der Waals surface area (Å²) < 4.78 is 0. The zero-order chi connectivity index (χ0) is 13.0. The molecule has 0 spiro atoms. The average molecular weight is 239 g/mol. The van der Waals surface area contributed by atoms with Gasteiger partial charge in [0.15, 0.2) is 0 Å². The van der Waals surface area contributed by atoms with Crippen LogP contribution in [0.4, 0.5) is 17.3 Å². The summed E-state index contributed by atoms with van der Waals surface area (Å²) in [6.07, 6.45) is 0. The summed E-state index contributed by atoms with van der Waals surface area (Å²) in [4.78, 5) is 26.3. The van der Waals surface area contributed by atoms with E-state index in [0.717, 1.165) is 0 Å². The Labute approximate surface area is 97.6 Å². The van der Waals surface area contributed by atoms with Crippen molar-refractivity contribution in [2.75, 3.05) is 31.7 Å². The Hall–Kier alpha value is -2.38. The minimum absolute atomic E-state index is 0.0528. The molecule has 0 bridgehead atoms. The van der Waals surface area contributed by atoms with E-state index < -0.39 is 4.92 Å². The molecule has 0 aliphatic rings. The molecule has 92 valence electrons. The second kappa shape index (κ2) is 5.10. The molecule has 8 heteroatoms. The molecular weight excluding hydrogens is 226 g/mol. The Morgan fingerprint density at radius 1 is 1.59 bits per heavy atom. The van der Waals surface area contributed by atoms with Crippen LogP contribution < -0.4 is 11.1 Å². The number of hydrogen-bond acceptors (Lipinski definition) is 6. The van der Waals surface area contributed by atoms with Crippen LogP contribution >= 0.6 is 0 Å². The van der Waals surface area contributed by atoms with E-state index in [2.05, 4.69) is 10.3 Å². The number of nitrogens with two attached hydrogens (primary N) is 1. The van der Waals surface area contributed by atoms with E-state index >= 15 is 0 Å². The van der Waals surface area contributed by atoms with Gasteiger partial charge in [-0.05, 0) is 6.07 Å². The first kappa shape index (κ1) is 12.7. The van der Waals surface area contributed by atoms with Crippen LogP contribution in [0.25, 0.3) is 0 Å². The summed E-state index contributed by atoms with van der Waals surface area (Å²) in [5.74, 6) is 0.00401. The van der Waals surface area contributed by atoms with Gasteiger partial charge in [0.25, 0.3) is 0 Å². The maximum absolute atomic E-state index is 11.3. The monoisotopic (exact) mass is 239 g/mol. The highest BCUT2D eigenvalue weighted by molar-refractivity contribution is 5.80. The minimum atomic E-state index is -0.614. The summed E-state index contributed by atoms with van der Waals surface area (Å²) in [5, 5.41) is 13.2. The number of nitrogens with zero attached hydrogens (tertiary/aromatic N) is 3. The fraction of sp³-hybridized carbons (Fsp3) is 0.333. The van der Waals surface area contributed by atoms with Gasteiger partial charge in [-0.1, -0.05) is 0 Å². The standard InChI is InChI=1S/C9H13N5O3/c1-13(2)8(15)5-11-7-4-3-6(14(16)17)9(10)12-7/h3-4H,5H2,1-2H3,(H3,10,11,12). The lowest BCUT2D eigenvalue weighted by atomic mass is 10.3. The Bertz CT molecular complexity index is 446. The molecule has 0 saturated carbocycles. The molecule has 0 unspecified atom stereocenters. The van der Waals surface area contributed by atoms with E-state index in [9.17, 15) is 14.9 Å². The number of nitro groups is 1. The van der Waals surface area contributed by atoms with E-state index in [1.165, 1.54) is 17.0 Å². The van der Waals surface area contributed by atoms with Crippen molar-refractivity contribution in [2.45, 2.75) is 0 Å². The lowest BCUT2D eigenvalue weighted by Gasteiger charge is -2.11. The smallest absolute Gasteiger partial charge is 0.311 e. The molecule has 17 heavy (non-hydrogen) atoms. The highest BCUT2D eigenvalue weighted by Gasteiger charge is 2.13. The van der Waals surface area contributed by atoms with Gasteiger partial charge in [0.05, 0.1) is 11.5 Å². The molecular formula is C9H13N5O3. The lowest BCUT2D eigenvalue weighted by molar-refractivity contribution is -0.384. The van der Waals surface area contributed by atoms with E-state index in [-0.39, 0.29) is 24.0 Å². The molecule has 0 radical (unpaired) electrons. The third-order valence-corrected chi connectivity index (χ3v) is 2.02. The topological polar surface area (TPSA) is 114 Å². The van der Waals surface area contributed by atoms with Crippen molar-refractivity contribution in [3.05, 3.63) is 22.2 Å². The minimum Gasteiger partial charge on any atom is -0.378 e. The van der Waals surface area contributed by atoms with Crippen molar-refractivity contribution in [3.63, 3.8) is 0 Å². The predicted molar refractivity (Wildman–Crippen MR) is 62.5 cm³/mol. The zero-order valence-corrected chi connectivity index (χ0v) is 9.51. The van der Waals surface area contributed by atoms with Crippen molar-refractivity contribution in [2.24, 2.45) is 0 Å². The number of likely N-dealkylation sites (N-methyl/N-ethyl adjacent to an activating group) is 1. The maximum Gasteiger partial charge on any atom is 0.311 e. The van der Waals surface area contributed by atoms with Crippen LogP contribution in [0.3, 0.4) is 0 Å². The predicted octanol–water partition coefficient (Wildman–Crippen LogP) is 0.0721. The third kappa shape index (κ3) is 3.30. The van der Waals surface area contributed by atoms with Crippen LogP contribution in [0.5, 0.6) is 0 Å². The van der Waals surface area contributed by atoms with Crippen molar-refractivity contribution >= 4 is 23.2 Å². The first-order valence-electron chi connectivity index (χ1n) is 4.76. The molecule has 0 saturated heterocycles. The highest BCUT2D eigenvalue weighted by atomic mass is 16.6. The normalized spacial score (nSPS) is 9.76. The second-order valence-corrected chi connectivity index (χ2v) is 3.50. The highest BCUT2D eigenvalue weighted by Crippen LogP contribution is 2.20. The summed E-state index contributed by atoms with van der Waals surface area (Å²) in [5.41, 5.74) is 5.15. The Morgan fingerprint density at radius 2 is 2.24 bits per heavy atom. The summed E-state index contributed by atoms with van der Waals surface area (Å²) in [6, 6.07) is 2.64. The molecule has 0 atom stereocenters. The van der Waals surface area contributed by atoms with Crippen molar-refractivity contribution < 1.29 is 9.72 Å². The first-order chi connectivity index (χ1) is 7.91. The van der Waals surface area contributed by atoms with Crippen LogP contribution in [0.2, 0.25) is 0 Å². The number of aromatic nitrogens is 1. The molecule has 1 aromatic heterocycles. The van der Waals surface area contributed by atoms with Gasteiger partial charge in [-0.2, -0.15) is 0 Å². The van der Waals surface area contributed by atoms with E-state index in [0.29, 0.717) is 5.82 Å². The number of rotatable bonds is 4. The number of anilines is 2. The Morgan fingerprint density at radius 3 is 2.71 bits per heavy atom. The van der Waals surface area contributed by atoms with Crippen LogP contribution in [0, 0.1) is 10.1 Å². The summed E-state index contributed by atoms with van der Waals surface area (Å²) >= 11 is 0. The van der Waals surface area contributed by atoms with Gasteiger partial charge < -0.3 is 16.0 Å². The van der Waals surface area contributed by atoms with Crippen molar-refractivity contribution in [1.82, 2.24) is 9.88 Å². The first-order valence-corrected chi connectivity index (χ1v) is 4.76. The molecule has 8 nitrogen and oxygen atoms in total. The number of carbonyl (C=O) groups is 1. The number of carbonyl (C=O) groups excluding carboxylic acids is 1. The average Bonchev–Trinajstić information content (AvgIpc) is 2.25. The number of amides is 1. The number of nitrogen functional groups attached to an aromatic ring is 1. The largest absolute Gasteiger partial charge is 0.378 e. The molecule has 1 heterocycles. The van der Waals surface area contributed by atoms with Gasteiger partial charge in [0.1, 0.15) is 5.82 Å². The van der Waals surface area contributed by atoms with Gasteiger partial charge >= 0.3 is 5.69 Å². The van der Waals surface area contributed by atoms with Gasteiger partial charge in [-0.25, -0.2) is 4.98 Å². The molecule has 1 rings (SSSR count). The molecule has 0 aliphatic heterocycles. The molecule has 1 amide bonds. The number of nitrogens with one attached hydrogen (secondary N) is 1. The lowest BCUT2D eigenvalue weighted by Crippen LogP contribution is -2.28. The summed E-state index contributed by atoms with van der Waals surface area (Å²) in [7, 11) is 3.25. The van der Waals surface area contributed by atoms with E-state index in [4.69, 9.17) is 5.73 Å². The van der Waals surface area contributed by atoms with Gasteiger partial charge in [-0.15, -0.1) is 0 Å². The second-order valence-electron chi connectivity index (χ2n) is 3.50. The van der Waals surface area contributed by atoms with Crippen LogP contribution in [-0.4, -0.2) is 41.4 Å². The number of hydrogen-bond donors (Lipinski definition) is 2. The van der Waals surface area contributed by atoms with Crippen molar-refractivity contribution in [1.29, 1.82) is 0 Å². The number of pyridine rings is 1.